The lowest BCUT2D eigenvalue weighted by molar-refractivity contribution is 0.0932. The normalized spacial score (nSPS) is 12.0. The maximum absolute atomic E-state index is 13.1. The highest BCUT2D eigenvalue weighted by atomic mass is 32.2. The lowest BCUT2D eigenvalue weighted by Crippen LogP contribution is -2.30. The van der Waals surface area contributed by atoms with E-state index >= 15 is 0 Å². The maximum atomic E-state index is 13.1. The fraction of sp³-hybridized carbons (Fsp3) is 0.148. The summed E-state index contributed by atoms with van der Waals surface area (Å²) in [6.07, 6.45) is 0.709. The number of thioether (sulfide) groups is 1. The largest absolute Gasteiger partial charge is 0.431 e. The molecular weight excluding hydrogens is 462 g/mol. The van der Waals surface area contributed by atoms with Crippen LogP contribution in [0.2, 0.25) is 0 Å². The molecule has 7 heteroatoms. The monoisotopic (exact) mass is 485 g/mol. The van der Waals surface area contributed by atoms with E-state index in [1.54, 1.807) is 0 Å². The first-order valence-corrected chi connectivity index (χ1v) is 12.8. The van der Waals surface area contributed by atoms with Crippen LogP contribution < -0.4 is 5.32 Å². The number of benzene rings is 3. The Bertz CT molecular complexity index is 1400. The summed E-state index contributed by atoms with van der Waals surface area (Å²) in [5, 5.41) is 6.45. The van der Waals surface area contributed by atoms with E-state index in [0.29, 0.717) is 23.1 Å². The van der Waals surface area contributed by atoms with E-state index in [0.717, 1.165) is 27.2 Å². The summed E-state index contributed by atoms with van der Waals surface area (Å²) in [5.74, 6) is 0.421. The van der Waals surface area contributed by atoms with Crippen LogP contribution >= 0.6 is 23.1 Å². The van der Waals surface area contributed by atoms with Crippen LogP contribution in [-0.2, 0) is 12.2 Å². The van der Waals surface area contributed by atoms with Gasteiger partial charge in [0.15, 0.2) is 5.58 Å². The van der Waals surface area contributed by atoms with E-state index in [1.165, 1.54) is 28.7 Å². The van der Waals surface area contributed by atoms with Gasteiger partial charge >= 0.3 is 0 Å². The number of amides is 1. The molecule has 0 saturated carbocycles. The molecule has 0 fully saturated rings. The summed E-state index contributed by atoms with van der Waals surface area (Å²) in [5.41, 5.74) is 5.44. The lowest BCUT2D eigenvalue weighted by atomic mass is 9.99. The van der Waals surface area contributed by atoms with Gasteiger partial charge in [0.1, 0.15) is 16.2 Å². The second-order valence-electron chi connectivity index (χ2n) is 7.99. The van der Waals surface area contributed by atoms with Crippen LogP contribution in [0.15, 0.2) is 93.9 Å². The lowest BCUT2D eigenvalue weighted by Gasteiger charge is -2.19. The SMILES string of the molecule is Cc1ccc2oc(SCc3nc(C(=O)NC(Cc4ccccc4)c4ccccc4)cs3)nc2c1. The first-order valence-electron chi connectivity index (χ1n) is 11.0. The zero-order valence-corrected chi connectivity index (χ0v) is 20.2. The van der Waals surface area contributed by atoms with Crippen molar-refractivity contribution in [2.24, 2.45) is 0 Å². The van der Waals surface area contributed by atoms with Gasteiger partial charge in [-0.3, -0.25) is 4.79 Å². The molecule has 2 heterocycles. The molecule has 1 atom stereocenters. The molecule has 0 spiro atoms. The highest BCUT2D eigenvalue weighted by Gasteiger charge is 2.19. The molecule has 0 bridgehead atoms. The summed E-state index contributed by atoms with van der Waals surface area (Å²) in [6, 6.07) is 26.0. The van der Waals surface area contributed by atoms with Crippen LogP contribution in [0.3, 0.4) is 0 Å². The summed E-state index contributed by atoms with van der Waals surface area (Å²) in [4.78, 5) is 22.2. The number of carbonyl (C=O) groups is 1. The third-order valence-corrected chi connectivity index (χ3v) is 7.29. The maximum Gasteiger partial charge on any atom is 0.271 e. The molecule has 1 amide bonds. The molecule has 1 unspecified atom stereocenters. The Labute approximate surface area is 206 Å². The van der Waals surface area contributed by atoms with Gasteiger partial charge in [0.25, 0.3) is 11.1 Å². The van der Waals surface area contributed by atoms with Gasteiger partial charge < -0.3 is 9.73 Å². The Morgan fingerprint density at radius 2 is 1.79 bits per heavy atom. The molecule has 1 N–H and O–H groups in total. The molecule has 0 radical (unpaired) electrons. The van der Waals surface area contributed by atoms with Gasteiger partial charge in [0.2, 0.25) is 0 Å². The molecule has 0 aliphatic heterocycles. The highest BCUT2D eigenvalue weighted by molar-refractivity contribution is 7.98. The number of thiazole rings is 1. The number of aryl methyl sites for hydroxylation is 1. The summed E-state index contributed by atoms with van der Waals surface area (Å²) < 4.78 is 5.81. The Kier molecular flexibility index (Phi) is 6.74. The van der Waals surface area contributed by atoms with Crippen LogP contribution in [0.25, 0.3) is 11.1 Å². The van der Waals surface area contributed by atoms with E-state index < -0.39 is 0 Å². The van der Waals surface area contributed by atoms with E-state index in [9.17, 15) is 4.79 Å². The zero-order chi connectivity index (χ0) is 23.3. The molecule has 5 aromatic rings. The Balaban J connectivity index is 1.26. The third kappa shape index (κ3) is 5.38. The minimum atomic E-state index is -0.172. The average molecular weight is 486 g/mol. The van der Waals surface area contributed by atoms with Crippen molar-refractivity contribution in [2.45, 2.75) is 30.4 Å². The summed E-state index contributed by atoms with van der Waals surface area (Å²) >= 11 is 2.95. The fourth-order valence-electron chi connectivity index (χ4n) is 3.70. The second kappa shape index (κ2) is 10.2. The number of hydrogen-bond acceptors (Lipinski definition) is 6. The van der Waals surface area contributed by atoms with Gasteiger partial charge in [-0.05, 0) is 42.2 Å². The number of nitrogens with zero attached hydrogens (tertiary/aromatic N) is 2. The number of fused-ring (bicyclic) bond motifs is 1. The second-order valence-corrected chi connectivity index (χ2v) is 9.86. The summed E-state index contributed by atoms with van der Waals surface area (Å²) in [7, 11) is 0. The number of rotatable bonds is 8. The Morgan fingerprint density at radius 3 is 2.59 bits per heavy atom. The van der Waals surface area contributed by atoms with E-state index in [2.05, 4.69) is 27.4 Å². The smallest absolute Gasteiger partial charge is 0.271 e. The highest BCUT2D eigenvalue weighted by Crippen LogP contribution is 2.28. The van der Waals surface area contributed by atoms with Crippen LogP contribution in [0.5, 0.6) is 0 Å². The van der Waals surface area contributed by atoms with Crippen LogP contribution in [0.4, 0.5) is 0 Å². The van der Waals surface area contributed by atoms with E-state index in [-0.39, 0.29) is 11.9 Å². The predicted molar refractivity (Wildman–Crippen MR) is 137 cm³/mol. The molecule has 5 nitrogen and oxygen atoms in total. The van der Waals surface area contributed by atoms with Crippen molar-refractivity contribution in [1.29, 1.82) is 0 Å². The van der Waals surface area contributed by atoms with Gasteiger partial charge in [-0.15, -0.1) is 11.3 Å². The topological polar surface area (TPSA) is 68.0 Å². The Morgan fingerprint density at radius 1 is 1.03 bits per heavy atom. The van der Waals surface area contributed by atoms with Crippen LogP contribution in [0, 0.1) is 6.92 Å². The zero-order valence-electron chi connectivity index (χ0n) is 18.6. The first kappa shape index (κ1) is 22.4. The molecule has 170 valence electrons. The van der Waals surface area contributed by atoms with Gasteiger partial charge in [-0.1, -0.05) is 78.5 Å². The molecule has 0 saturated heterocycles. The average Bonchev–Trinajstić information content (AvgIpc) is 3.50. The molecular formula is C27H23N3O2S2. The van der Waals surface area contributed by atoms with Crippen LogP contribution in [0.1, 0.15) is 38.2 Å². The van der Waals surface area contributed by atoms with E-state index in [1.807, 2.05) is 79.0 Å². The molecule has 2 aromatic heterocycles. The molecule has 0 aliphatic rings. The number of carbonyl (C=O) groups excluding carboxylic acids is 1. The van der Waals surface area contributed by atoms with Gasteiger partial charge in [-0.2, -0.15) is 0 Å². The van der Waals surface area contributed by atoms with Crippen molar-refractivity contribution < 1.29 is 9.21 Å². The minimum Gasteiger partial charge on any atom is -0.431 e. The molecule has 34 heavy (non-hydrogen) atoms. The van der Waals surface area contributed by atoms with Gasteiger partial charge in [0, 0.05) is 5.38 Å². The summed E-state index contributed by atoms with van der Waals surface area (Å²) in [6.45, 7) is 2.03. The fourth-order valence-corrected chi connectivity index (χ4v) is 5.33. The number of oxazole rings is 1. The predicted octanol–water partition coefficient (Wildman–Crippen LogP) is 6.60. The minimum absolute atomic E-state index is 0.140. The molecule has 5 rings (SSSR count). The Hall–Kier alpha value is -3.42. The standard InChI is InChI=1S/C27H23N3O2S2/c1-18-12-13-24-22(14-18)30-27(32-24)34-17-25-28-23(16-33-25)26(31)29-21(20-10-6-3-7-11-20)15-19-8-4-2-5-9-19/h2-14,16,21H,15,17H2,1H3,(H,29,31). The quantitative estimate of drug-likeness (QED) is 0.251. The van der Waals surface area contributed by atoms with Crippen molar-refractivity contribution in [3.05, 3.63) is 112 Å². The number of aromatic nitrogens is 2. The van der Waals surface area contributed by atoms with Crippen molar-refractivity contribution in [2.75, 3.05) is 0 Å². The van der Waals surface area contributed by atoms with Crippen molar-refractivity contribution in [3.63, 3.8) is 0 Å². The van der Waals surface area contributed by atoms with Crippen molar-refractivity contribution in [1.82, 2.24) is 15.3 Å². The van der Waals surface area contributed by atoms with Gasteiger partial charge in [-0.25, -0.2) is 9.97 Å². The molecule has 0 aliphatic carbocycles. The van der Waals surface area contributed by atoms with Crippen molar-refractivity contribution in [3.8, 4) is 0 Å². The van der Waals surface area contributed by atoms with Crippen LogP contribution in [-0.4, -0.2) is 15.9 Å². The first-order chi connectivity index (χ1) is 16.6. The van der Waals surface area contributed by atoms with E-state index in [4.69, 9.17) is 4.42 Å². The van der Waals surface area contributed by atoms with Gasteiger partial charge in [0.05, 0.1) is 11.8 Å². The van der Waals surface area contributed by atoms with Crippen molar-refractivity contribution >= 4 is 40.1 Å². The third-order valence-electron chi connectivity index (χ3n) is 5.42. The number of hydrogen-bond donors (Lipinski definition) is 1. The molecule has 3 aromatic carbocycles. The number of nitrogens with one attached hydrogen (secondary N) is 1.